The smallest absolute Gasteiger partial charge is 0.0593 e. The van der Waals surface area contributed by atoms with Crippen molar-refractivity contribution in [1.82, 2.24) is 10.2 Å². The Kier molecular flexibility index (Phi) is 11.1. The van der Waals surface area contributed by atoms with Crippen molar-refractivity contribution in [2.75, 3.05) is 65.8 Å². The molecule has 5 heteroatoms. The van der Waals surface area contributed by atoms with Gasteiger partial charge in [-0.25, -0.2) is 0 Å². The third kappa shape index (κ3) is 8.12. The van der Waals surface area contributed by atoms with Crippen molar-refractivity contribution < 1.29 is 14.2 Å². The van der Waals surface area contributed by atoms with Crippen LogP contribution in [0.5, 0.6) is 0 Å². The van der Waals surface area contributed by atoms with Gasteiger partial charge in [-0.2, -0.15) is 0 Å². The van der Waals surface area contributed by atoms with E-state index in [1.807, 2.05) is 13.8 Å². The number of nitrogens with zero attached hydrogens (tertiary/aromatic N) is 1. The highest BCUT2D eigenvalue weighted by atomic mass is 16.5. The quantitative estimate of drug-likeness (QED) is 0.521. The lowest BCUT2D eigenvalue weighted by Crippen LogP contribution is -2.47. The molecule has 1 rings (SSSR count). The van der Waals surface area contributed by atoms with Crippen molar-refractivity contribution in [1.29, 1.82) is 0 Å². The molecule has 0 aliphatic carbocycles. The maximum absolute atomic E-state index is 5.56. The second-order valence-electron chi connectivity index (χ2n) is 5.48. The Morgan fingerprint density at radius 2 is 1.81 bits per heavy atom. The van der Waals surface area contributed by atoms with Crippen LogP contribution in [-0.4, -0.2) is 76.8 Å². The summed E-state index contributed by atoms with van der Waals surface area (Å²) in [6, 6.07) is 0.501. The van der Waals surface area contributed by atoms with Crippen LogP contribution in [0.2, 0.25) is 0 Å². The van der Waals surface area contributed by atoms with Gasteiger partial charge in [-0.05, 0) is 26.8 Å². The molecule has 2 atom stereocenters. The molecule has 0 aromatic heterocycles. The predicted octanol–water partition coefficient (Wildman–Crippen LogP) is 1.38. The molecule has 1 aliphatic rings. The first-order valence-electron chi connectivity index (χ1n) is 8.50. The van der Waals surface area contributed by atoms with E-state index in [1.54, 1.807) is 0 Å². The predicted molar refractivity (Wildman–Crippen MR) is 85.8 cm³/mol. The second kappa shape index (κ2) is 12.4. The van der Waals surface area contributed by atoms with Crippen molar-refractivity contribution in [3.05, 3.63) is 0 Å². The highest BCUT2D eigenvalue weighted by Crippen LogP contribution is 2.17. The summed E-state index contributed by atoms with van der Waals surface area (Å²) in [7, 11) is 0. The largest absolute Gasteiger partial charge is 0.381 e. The van der Waals surface area contributed by atoms with Gasteiger partial charge in [-0.1, -0.05) is 6.92 Å². The van der Waals surface area contributed by atoms with Crippen LogP contribution in [-0.2, 0) is 14.2 Å². The minimum atomic E-state index is 0.501. The Hall–Kier alpha value is -0.200. The van der Waals surface area contributed by atoms with Gasteiger partial charge < -0.3 is 19.5 Å². The van der Waals surface area contributed by atoms with Crippen LogP contribution in [0.3, 0.4) is 0 Å². The third-order valence-electron chi connectivity index (χ3n) is 3.97. The van der Waals surface area contributed by atoms with Crippen LogP contribution in [0, 0.1) is 5.92 Å². The van der Waals surface area contributed by atoms with Gasteiger partial charge in [0, 0.05) is 51.4 Å². The Morgan fingerprint density at radius 3 is 2.29 bits per heavy atom. The molecule has 0 bridgehead atoms. The molecular weight excluding hydrogens is 268 g/mol. The summed E-state index contributed by atoms with van der Waals surface area (Å²) >= 11 is 0. The van der Waals surface area contributed by atoms with Gasteiger partial charge >= 0.3 is 0 Å². The summed E-state index contributed by atoms with van der Waals surface area (Å²) in [5.41, 5.74) is 0. The summed E-state index contributed by atoms with van der Waals surface area (Å²) in [5.74, 6) is 0.631. The number of rotatable bonds is 13. The van der Waals surface area contributed by atoms with E-state index in [1.165, 1.54) is 6.42 Å². The first-order chi connectivity index (χ1) is 10.3. The van der Waals surface area contributed by atoms with E-state index >= 15 is 0 Å². The van der Waals surface area contributed by atoms with Crippen LogP contribution in [0.4, 0.5) is 0 Å². The van der Waals surface area contributed by atoms with E-state index in [-0.39, 0.29) is 0 Å². The maximum Gasteiger partial charge on any atom is 0.0593 e. The minimum Gasteiger partial charge on any atom is -0.381 e. The van der Waals surface area contributed by atoms with Gasteiger partial charge in [0.05, 0.1) is 19.8 Å². The molecule has 0 radical (unpaired) electrons. The molecule has 1 fully saturated rings. The van der Waals surface area contributed by atoms with Crippen molar-refractivity contribution in [2.24, 2.45) is 5.92 Å². The van der Waals surface area contributed by atoms with E-state index in [9.17, 15) is 0 Å². The van der Waals surface area contributed by atoms with Crippen LogP contribution in [0.15, 0.2) is 0 Å². The van der Waals surface area contributed by atoms with Crippen LogP contribution < -0.4 is 5.32 Å². The van der Waals surface area contributed by atoms with E-state index in [4.69, 9.17) is 14.2 Å². The molecule has 1 saturated heterocycles. The Morgan fingerprint density at radius 1 is 1.14 bits per heavy atom. The minimum absolute atomic E-state index is 0.501. The Labute approximate surface area is 130 Å². The molecule has 0 aromatic rings. The normalized spacial score (nSPS) is 20.3. The van der Waals surface area contributed by atoms with Gasteiger partial charge in [0.1, 0.15) is 0 Å². The van der Waals surface area contributed by atoms with E-state index in [2.05, 4.69) is 17.1 Å². The Balaban J connectivity index is 2.43. The summed E-state index contributed by atoms with van der Waals surface area (Å²) in [5, 5.41) is 3.63. The van der Waals surface area contributed by atoms with Gasteiger partial charge in [0.2, 0.25) is 0 Å². The molecule has 1 heterocycles. The fraction of sp³-hybridized carbons (Fsp3) is 1.00. The topological polar surface area (TPSA) is 43.0 Å². The Bertz CT molecular complexity index is 226. The van der Waals surface area contributed by atoms with E-state index < -0.39 is 0 Å². The highest BCUT2D eigenvalue weighted by Gasteiger charge is 2.26. The molecule has 2 unspecified atom stereocenters. The van der Waals surface area contributed by atoms with Gasteiger partial charge in [-0.15, -0.1) is 0 Å². The van der Waals surface area contributed by atoms with Crippen LogP contribution >= 0.6 is 0 Å². The number of ether oxygens (including phenoxy) is 3. The van der Waals surface area contributed by atoms with E-state index in [0.29, 0.717) is 12.0 Å². The highest BCUT2D eigenvalue weighted by molar-refractivity contribution is 4.82. The first-order valence-corrected chi connectivity index (χ1v) is 8.50. The van der Waals surface area contributed by atoms with Crippen LogP contribution in [0.25, 0.3) is 0 Å². The monoisotopic (exact) mass is 302 g/mol. The SMILES string of the molecule is CCNC(CN(CCOCC)CCOCC)C1CCOC1. The van der Waals surface area contributed by atoms with Crippen molar-refractivity contribution in [3.63, 3.8) is 0 Å². The van der Waals surface area contributed by atoms with E-state index in [0.717, 1.165) is 65.8 Å². The molecule has 126 valence electrons. The van der Waals surface area contributed by atoms with Crippen molar-refractivity contribution >= 4 is 0 Å². The lowest BCUT2D eigenvalue weighted by molar-refractivity contribution is 0.0733. The number of hydrogen-bond acceptors (Lipinski definition) is 5. The van der Waals surface area contributed by atoms with Crippen molar-refractivity contribution in [3.8, 4) is 0 Å². The number of nitrogens with one attached hydrogen (secondary N) is 1. The summed E-state index contributed by atoms with van der Waals surface area (Å²) in [6.45, 7) is 15.2. The standard InChI is InChI=1S/C16H34N2O3/c1-4-17-16(15-7-10-21-14-15)13-18(8-11-19-5-2)9-12-20-6-3/h15-17H,4-14H2,1-3H3. The van der Waals surface area contributed by atoms with Gasteiger partial charge in [0.15, 0.2) is 0 Å². The summed E-state index contributed by atoms with van der Waals surface area (Å²) < 4.78 is 16.6. The lowest BCUT2D eigenvalue weighted by Gasteiger charge is -2.30. The molecule has 5 nitrogen and oxygen atoms in total. The van der Waals surface area contributed by atoms with Gasteiger partial charge in [-0.3, -0.25) is 4.90 Å². The van der Waals surface area contributed by atoms with Crippen LogP contribution in [0.1, 0.15) is 27.2 Å². The summed E-state index contributed by atoms with van der Waals surface area (Å²) in [6.07, 6.45) is 1.17. The fourth-order valence-electron chi connectivity index (χ4n) is 2.76. The lowest BCUT2D eigenvalue weighted by atomic mass is 9.98. The molecule has 0 spiro atoms. The molecule has 1 N–H and O–H groups in total. The molecular formula is C16H34N2O3. The molecule has 0 aromatic carbocycles. The molecule has 0 saturated carbocycles. The zero-order valence-electron chi connectivity index (χ0n) is 14.1. The fourth-order valence-corrected chi connectivity index (χ4v) is 2.76. The maximum atomic E-state index is 5.56. The zero-order valence-corrected chi connectivity index (χ0v) is 14.1. The molecule has 0 amide bonds. The van der Waals surface area contributed by atoms with Gasteiger partial charge in [0.25, 0.3) is 0 Å². The third-order valence-corrected chi connectivity index (χ3v) is 3.97. The molecule has 1 aliphatic heterocycles. The number of likely N-dealkylation sites (N-methyl/N-ethyl adjacent to an activating group) is 1. The average molecular weight is 302 g/mol. The zero-order chi connectivity index (χ0) is 15.3. The average Bonchev–Trinajstić information content (AvgIpc) is 3.01. The van der Waals surface area contributed by atoms with Crippen molar-refractivity contribution in [2.45, 2.75) is 33.2 Å². The summed E-state index contributed by atoms with van der Waals surface area (Å²) in [4.78, 5) is 2.46. The second-order valence-corrected chi connectivity index (χ2v) is 5.48. The first kappa shape index (κ1) is 18.8. The molecule has 21 heavy (non-hydrogen) atoms. The number of hydrogen-bond donors (Lipinski definition) is 1.